The summed E-state index contributed by atoms with van der Waals surface area (Å²) in [6.07, 6.45) is 1.30. The van der Waals surface area contributed by atoms with Crippen LogP contribution >= 0.6 is 22.7 Å². The van der Waals surface area contributed by atoms with Crippen molar-refractivity contribution >= 4 is 54.5 Å². The molecule has 0 spiro atoms. The second kappa shape index (κ2) is 8.47. The fourth-order valence-electron chi connectivity index (χ4n) is 3.02. The number of aromatic nitrogens is 2. The van der Waals surface area contributed by atoms with Crippen molar-refractivity contribution in [2.75, 3.05) is 19.4 Å². The molecule has 0 aliphatic heterocycles. The molecule has 4 aromatic rings. The van der Waals surface area contributed by atoms with Crippen molar-refractivity contribution in [3.8, 4) is 16.2 Å². The number of carbonyl (C=O) groups excluding carboxylic acids is 1. The molecule has 2 N–H and O–H groups in total. The first-order chi connectivity index (χ1) is 15.2. The molecule has 0 saturated heterocycles. The summed E-state index contributed by atoms with van der Waals surface area (Å²) in [6.45, 7) is -0.356. The standard InChI is InChI=1S/C20H18N4O5S3/c1-23(2)32(28,29)12-5-6-15(25)14(8-12)22-17(26)9-24-11-21-19-18(20(24)27)13(10-31-19)16-4-3-7-30-16/h3-8,10-11,25H,9H2,1-2H3,(H,22,26). The zero-order valence-electron chi connectivity index (χ0n) is 17.0. The van der Waals surface area contributed by atoms with Gasteiger partial charge in [-0.3, -0.25) is 14.2 Å². The van der Waals surface area contributed by atoms with Crippen molar-refractivity contribution in [1.82, 2.24) is 13.9 Å². The Hall–Kier alpha value is -3.06. The molecule has 3 heterocycles. The SMILES string of the molecule is CN(C)S(=O)(=O)c1ccc(O)c(NC(=O)Cn2cnc3scc(-c4cccs4)c3c2=O)c1. The van der Waals surface area contributed by atoms with Gasteiger partial charge in [-0.1, -0.05) is 6.07 Å². The summed E-state index contributed by atoms with van der Waals surface area (Å²) in [4.78, 5) is 31.4. The Morgan fingerprint density at radius 3 is 2.72 bits per heavy atom. The maximum absolute atomic E-state index is 13.0. The van der Waals surface area contributed by atoms with Crippen LogP contribution in [-0.4, -0.2) is 47.4 Å². The van der Waals surface area contributed by atoms with E-state index in [1.54, 1.807) is 0 Å². The van der Waals surface area contributed by atoms with Gasteiger partial charge in [0.05, 0.1) is 22.3 Å². The van der Waals surface area contributed by atoms with E-state index in [1.165, 1.54) is 65.9 Å². The van der Waals surface area contributed by atoms with E-state index in [0.29, 0.717) is 10.2 Å². The van der Waals surface area contributed by atoms with Gasteiger partial charge < -0.3 is 10.4 Å². The molecule has 0 unspecified atom stereocenters. The topological polar surface area (TPSA) is 122 Å². The Balaban J connectivity index is 1.62. The zero-order valence-corrected chi connectivity index (χ0v) is 19.4. The fourth-order valence-corrected chi connectivity index (χ4v) is 5.67. The van der Waals surface area contributed by atoms with Crippen molar-refractivity contribution in [2.45, 2.75) is 11.4 Å². The lowest BCUT2D eigenvalue weighted by atomic mass is 10.2. The lowest BCUT2D eigenvalue weighted by Crippen LogP contribution is -2.28. The van der Waals surface area contributed by atoms with Crippen LogP contribution in [0.2, 0.25) is 0 Å². The molecule has 0 fully saturated rings. The molecule has 0 atom stereocenters. The summed E-state index contributed by atoms with van der Waals surface area (Å²) in [7, 11) is -0.994. The first-order valence-corrected chi connectivity index (χ1v) is 12.4. The van der Waals surface area contributed by atoms with Gasteiger partial charge in [0.1, 0.15) is 17.1 Å². The molecule has 0 aliphatic rings. The quantitative estimate of drug-likeness (QED) is 0.401. The predicted octanol–water partition coefficient (Wildman–Crippen LogP) is 2.78. The number of phenolic OH excluding ortho intramolecular Hbond substituents is 1. The number of hydrogen-bond acceptors (Lipinski definition) is 8. The second-order valence-corrected chi connectivity index (χ2v) is 11.0. The van der Waals surface area contributed by atoms with Gasteiger partial charge in [0, 0.05) is 29.9 Å². The van der Waals surface area contributed by atoms with Crippen LogP contribution in [-0.2, 0) is 21.4 Å². The number of aromatic hydroxyl groups is 1. The molecule has 4 rings (SSSR count). The summed E-state index contributed by atoms with van der Waals surface area (Å²) < 4.78 is 26.9. The van der Waals surface area contributed by atoms with E-state index in [-0.39, 0.29) is 28.4 Å². The third-order valence-electron chi connectivity index (χ3n) is 4.68. The van der Waals surface area contributed by atoms with E-state index in [1.807, 2.05) is 22.9 Å². The minimum atomic E-state index is -3.75. The Morgan fingerprint density at radius 1 is 1.25 bits per heavy atom. The Morgan fingerprint density at radius 2 is 2.03 bits per heavy atom. The average molecular weight is 491 g/mol. The first kappa shape index (κ1) is 22.1. The number of anilines is 1. The molecule has 32 heavy (non-hydrogen) atoms. The van der Waals surface area contributed by atoms with Gasteiger partial charge in [-0.05, 0) is 29.6 Å². The number of rotatable bonds is 6. The number of fused-ring (bicyclic) bond motifs is 1. The van der Waals surface area contributed by atoms with Gasteiger partial charge in [-0.25, -0.2) is 17.7 Å². The number of nitrogens with one attached hydrogen (secondary N) is 1. The highest BCUT2D eigenvalue weighted by atomic mass is 32.2. The van der Waals surface area contributed by atoms with Gasteiger partial charge in [-0.2, -0.15) is 0 Å². The minimum Gasteiger partial charge on any atom is -0.506 e. The molecule has 0 saturated carbocycles. The van der Waals surface area contributed by atoms with E-state index in [2.05, 4.69) is 10.3 Å². The molecule has 3 aromatic heterocycles. The van der Waals surface area contributed by atoms with E-state index >= 15 is 0 Å². The lowest BCUT2D eigenvalue weighted by molar-refractivity contribution is -0.116. The third-order valence-corrected chi connectivity index (χ3v) is 8.28. The minimum absolute atomic E-state index is 0.0742. The molecule has 12 heteroatoms. The van der Waals surface area contributed by atoms with E-state index in [4.69, 9.17) is 0 Å². The Bertz CT molecular complexity index is 1470. The van der Waals surface area contributed by atoms with E-state index in [0.717, 1.165) is 14.7 Å². The molecular weight excluding hydrogens is 472 g/mol. The van der Waals surface area contributed by atoms with Gasteiger partial charge in [-0.15, -0.1) is 22.7 Å². The maximum Gasteiger partial charge on any atom is 0.263 e. The summed E-state index contributed by atoms with van der Waals surface area (Å²) in [5.41, 5.74) is 0.337. The van der Waals surface area contributed by atoms with Gasteiger partial charge >= 0.3 is 0 Å². The molecular formula is C20H18N4O5S3. The number of hydrogen-bond donors (Lipinski definition) is 2. The lowest BCUT2D eigenvalue weighted by Gasteiger charge is -2.14. The zero-order chi connectivity index (χ0) is 23.0. The van der Waals surface area contributed by atoms with E-state index < -0.39 is 15.9 Å². The molecule has 9 nitrogen and oxygen atoms in total. The highest BCUT2D eigenvalue weighted by Crippen LogP contribution is 2.33. The van der Waals surface area contributed by atoms with Crippen LogP contribution in [0.25, 0.3) is 20.7 Å². The van der Waals surface area contributed by atoms with Crippen molar-refractivity contribution in [1.29, 1.82) is 0 Å². The molecule has 0 radical (unpaired) electrons. The monoisotopic (exact) mass is 490 g/mol. The van der Waals surface area contributed by atoms with E-state index in [9.17, 15) is 23.1 Å². The van der Waals surface area contributed by atoms with Crippen LogP contribution in [0.15, 0.2) is 57.1 Å². The Kier molecular flexibility index (Phi) is 5.86. The normalized spacial score (nSPS) is 11.8. The smallest absolute Gasteiger partial charge is 0.263 e. The number of nitrogens with zero attached hydrogens (tertiary/aromatic N) is 3. The molecule has 166 valence electrons. The van der Waals surface area contributed by atoms with Crippen LogP contribution < -0.4 is 10.9 Å². The first-order valence-electron chi connectivity index (χ1n) is 9.24. The highest BCUT2D eigenvalue weighted by molar-refractivity contribution is 7.89. The fraction of sp³-hybridized carbons (Fsp3) is 0.150. The van der Waals surface area contributed by atoms with Gasteiger partial charge in [0.25, 0.3) is 5.56 Å². The number of thiophene rings is 2. The van der Waals surface area contributed by atoms with Crippen molar-refractivity contribution in [2.24, 2.45) is 0 Å². The average Bonchev–Trinajstić information content (AvgIpc) is 3.41. The predicted molar refractivity (Wildman–Crippen MR) is 125 cm³/mol. The van der Waals surface area contributed by atoms with Crippen LogP contribution in [0.4, 0.5) is 5.69 Å². The molecule has 1 amide bonds. The van der Waals surface area contributed by atoms with Crippen molar-refractivity contribution in [3.63, 3.8) is 0 Å². The highest BCUT2D eigenvalue weighted by Gasteiger charge is 2.20. The van der Waals surface area contributed by atoms with Gasteiger partial charge in [0.15, 0.2) is 0 Å². The summed E-state index contributed by atoms with van der Waals surface area (Å²) in [5.74, 6) is -0.911. The Labute approximate surface area is 191 Å². The third kappa shape index (κ3) is 4.05. The second-order valence-electron chi connectivity index (χ2n) is 7.00. The van der Waals surface area contributed by atoms with Crippen molar-refractivity contribution in [3.05, 3.63) is 57.8 Å². The molecule has 0 aliphatic carbocycles. The molecule has 0 bridgehead atoms. The maximum atomic E-state index is 13.0. The van der Waals surface area contributed by atoms with Crippen molar-refractivity contribution < 1.29 is 18.3 Å². The van der Waals surface area contributed by atoms with Crippen LogP contribution in [0, 0.1) is 0 Å². The largest absolute Gasteiger partial charge is 0.506 e. The van der Waals surface area contributed by atoms with Crippen LogP contribution in [0.1, 0.15) is 0 Å². The van der Waals surface area contributed by atoms with Crippen LogP contribution in [0.5, 0.6) is 5.75 Å². The number of amides is 1. The summed E-state index contributed by atoms with van der Waals surface area (Å²) in [6, 6.07) is 7.40. The number of carbonyl (C=O) groups is 1. The summed E-state index contributed by atoms with van der Waals surface area (Å²) in [5, 5.41) is 16.7. The van der Waals surface area contributed by atoms with Crippen LogP contribution in [0.3, 0.4) is 0 Å². The number of benzene rings is 1. The molecule has 1 aromatic carbocycles. The van der Waals surface area contributed by atoms with Gasteiger partial charge in [0.2, 0.25) is 15.9 Å². The number of sulfonamides is 1. The number of phenols is 1. The summed E-state index contributed by atoms with van der Waals surface area (Å²) >= 11 is 2.86.